The molecule has 26 heavy (non-hydrogen) atoms. The Morgan fingerprint density at radius 3 is 2.65 bits per heavy atom. The summed E-state index contributed by atoms with van der Waals surface area (Å²) in [5.41, 5.74) is -0.0829. The van der Waals surface area contributed by atoms with Crippen molar-refractivity contribution in [2.24, 2.45) is 4.99 Å². The molecule has 1 aliphatic rings. The van der Waals surface area contributed by atoms with Gasteiger partial charge in [-0.25, -0.2) is 0 Å². The molecule has 2 rings (SSSR count). The molecule has 0 aliphatic heterocycles. The fourth-order valence-corrected chi connectivity index (χ4v) is 2.71. The highest BCUT2D eigenvalue weighted by Crippen LogP contribution is 2.29. The molecule has 1 fully saturated rings. The van der Waals surface area contributed by atoms with E-state index >= 15 is 0 Å². The van der Waals surface area contributed by atoms with Gasteiger partial charge in [-0.2, -0.15) is 13.2 Å². The molecule has 0 bridgehead atoms. The van der Waals surface area contributed by atoms with Crippen molar-refractivity contribution in [2.75, 3.05) is 40.4 Å². The van der Waals surface area contributed by atoms with Crippen LogP contribution >= 0.6 is 0 Å². The molecule has 1 aromatic rings. The van der Waals surface area contributed by atoms with Crippen molar-refractivity contribution < 1.29 is 17.9 Å². The predicted molar refractivity (Wildman–Crippen MR) is 96.1 cm³/mol. The van der Waals surface area contributed by atoms with Gasteiger partial charge < -0.3 is 15.4 Å². The molecule has 2 N–H and O–H groups in total. The molecule has 1 aliphatic carbocycles. The van der Waals surface area contributed by atoms with Crippen molar-refractivity contribution >= 4 is 5.96 Å². The highest BCUT2D eigenvalue weighted by Gasteiger charge is 2.30. The van der Waals surface area contributed by atoms with Gasteiger partial charge in [-0.1, -0.05) is 12.1 Å². The number of methoxy groups -OCH3 is 1. The van der Waals surface area contributed by atoms with Crippen molar-refractivity contribution in [1.29, 1.82) is 0 Å². The largest absolute Gasteiger partial charge is 0.416 e. The highest BCUT2D eigenvalue weighted by molar-refractivity contribution is 5.79. The Morgan fingerprint density at radius 2 is 2.04 bits per heavy atom. The van der Waals surface area contributed by atoms with Crippen LogP contribution in [-0.2, 0) is 17.5 Å². The number of hydrogen-bond donors (Lipinski definition) is 2. The van der Waals surface area contributed by atoms with E-state index in [-0.39, 0.29) is 6.54 Å². The highest BCUT2D eigenvalue weighted by atomic mass is 19.4. The van der Waals surface area contributed by atoms with E-state index in [9.17, 15) is 13.2 Å². The smallest absolute Gasteiger partial charge is 0.383 e. The molecule has 0 heterocycles. The van der Waals surface area contributed by atoms with Crippen LogP contribution in [0.5, 0.6) is 0 Å². The molecule has 0 spiro atoms. The molecule has 5 nitrogen and oxygen atoms in total. The number of rotatable bonds is 9. The quantitative estimate of drug-likeness (QED) is 0.517. The first kappa shape index (κ1) is 20.5. The van der Waals surface area contributed by atoms with Gasteiger partial charge in [0, 0.05) is 46.4 Å². The van der Waals surface area contributed by atoms with E-state index in [4.69, 9.17) is 4.74 Å². The average Bonchev–Trinajstić information content (AvgIpc) is 3.45. The fourth-order valence-electron chi connectivity index (χ4n) is 2.71. The zero-order valence-electron chi connectivity index (χ0n) is 15.3. The average molecular weight is 372 g/mol. The Morgan fingerprint density at radius 1 is 1.27 bits per heavy atom. The summed E-state index contributed by atoms with van der Waals surface area (Å²) in [7, 11) is 3.34. The number of halogens is 3. The predicted octanol–water partition coefficient (Wildman–Crippen LogP) is 2.48. The van der Waals surface area contributed by atoms with Crippen molar-refractivity contribution in [1.82, 2.24) is 15.5 Å². The molecule has 0 unspecified atom stereocenters. The molecule has 1 aromatic carbocycles. The standard InChI is InChI=1S/C18H27F3N4O/c1-22-17(23-8-9-25(10-11-26-2)16-6-7-16)24-13-14-4-3-5-15(12-14)18(19,20)21/h3-5,12,16H,6-11,13H2,1-2H3,(H2,22,23,24). The number of hydrogen-bond acceptors (Lipinski definition) is 3. The minimum absolute atomic E-state index is 0.277. The Hall–Kier alpha value is -1.80. The minimum atomic E-state index is -4.33. The number of ether oxygens (including phenoxy) is 1. The summed E-state index contributed by atoms with van der Waals surface area (Å²) in [6.45, 7) is 3.47. The summed E-state index contributed by atoms with van der Waals surface area (Å²) in [6.07, 6.45) is -1.87. The van der Waals surface area contributed by atoms with Gasteiger partial charge in [0.25, 0.3) is 0 Å². The maximum Gasteiger partial charge on any atom is 0.416 e. The van der Waals surface area contributed by atoms with Crippen molar-refractivity contribution in [3.8, 4) is 0 Å². The summed E-state index contributed by atoms with van der Waals surface area (Å²) in [5, 5.41) is 6.26. The fraction of sp³-hybridized carbons (Fsp3) is 0.611. The van der Waals surface area contributed by atoms with Gasteiger partial charge in [-0.3, -0.25) is 9.89 Å². The number of benzene rings is 1. The van der Waals surface area contributed by atoms with Crippen LogP contribution in [0.1, 0.15) is 24.0 Å². The van der Waals surface area contributed by atoms with E-state index in [1.54, 1.807) is 20.2 Å². The van der Waals surface area contributed by atoms with Crippen molar-refractivity contribution in [3.63, 3.8) is 0 Å². The number of nitrogens with one attached hydrogen (secondary N) is 2. The van der Waals surface area contributed by atoms with Crippen LogP contribution in [0.2, 0.25) is 0 Å². The zero-order valence-corrected chi connectivity index (χ0v) is 15.3. The summed E-state index contributed by atoms with van der Waals surface area (Å²) < 4.78 is 43.4. The maximum atomic E-state index is 12.8. The van der Waals surface area contributed by atoms with E-state index in [1.807, 2.05) is 0 Å². The lowest BCUT2D eigenvalue weighted by Crippen LogP contribution is -2.42. The monoisotopic (exact) mass is 372 g/mol. The first-order valence-corrected chi connectivity index (χ1v) is 8.77. The molecule has 0 atom stereocenters. The Bertz CT molecular complexity index is 588. The van der Waals surface area contributed by atoms with Crippen LogP contribution in [-0.4, -0.2) is 57.3 Å². The molecule has 146 valence electrons. The van der Waals surface area contributed by atoms with E-state index in [0.29, 0.717) is 30.7 Å². The summed E-state index contributed by atoms with van der Waals surface area (Å²) in [4.78, 5) is 6.51. The second kappa shape index (κ2) is 9.78. The van der Waals surface area contributed by atoms with Gasteiger partial charge >= 0.3 is 6.18 Å². The lowest BCUT2D eigenvalue weighted by atomic mass is 10.1. The molecule has 0 saturated heterocycles. The van der Waals surface area contributed by atoms with Gasteiger partial charge in [-0.05, 0) is 30.5 Å². The normalized spacial score (nSPS) is 15.4. The first-order valence-electron chi connectivity index (χ1n) is 8.77. The van der Waals surface area contributed by atoms with Crippen LogP contribution in [0, 0.1) is 0 Å². The third-order valence-corrected chi connectivity index (χ3v) is 4.28. The lowest BCUT2D eigenvalue weighted by Gasteiger charge is -2.22. The van der Waals surface area contributed by atoms with Crippen molar-refractivity contribution in [3.05, 3.63) is 35.4 Å². The third-order valence-electron chi connectivity index (χ3n) is 4.28. The molecule has 0 radical (unpaired) electrons. The SMILES string of the molecule is CN=C(NCCN(CCOC)C1CC1)NCc1cccc(C(F)(F)F)c1. The molecule has 0 amide bonds. The second-order valence-electron chi connectivity index (χ2n) is 6.31. The molecule has 8 heteroatoms. The van der Waals surface area contributed by atoms with E-state index in [1.165, 1.54) is 18.9 Å². The minimum Gasteiger partial charge on any atom is -0.383 e. The molecule has 0 aromatic heterocycles. The molecular weight excluding hydrogens is 345 g/mol. The Kier molecular flexibility index (Phi) is 7.71. The van der Waals surface area contributed by atoms with Crippen LogP contribution in [0.15, 0.2) is 29.3 Å². The summed E-state index contributed by atoms with van der Waals surface area (Å²) in [5.74, 6) is 0.574. The van der Waals surface area contributed by atoms with Crippen LogP contribution in [0.25, 0.3) is 0 Å². The van der Waals surface area contributed by atoms with Gasteiger partial charge in [0.05, 0.1) is 12.2 Å². The Labute approximate surface area is 152 Å². The topological polar surface area (TPSA) is 48.9 Å². The number of alkyl halides is 3. The maximum absolute atomic E-state index is 12.8. The van der Waals surface area contributed by atoms with E-state index < -0.39 is 11.7 Å². The number of aliphatic imine (C=N–C) groups is 1. The number of guanidine groups is 1. The van der Waals surface area contributed by atoms with Gasteiger partial charge in [0.15, 0.2) is 5.96 Å². The Balaban J connectivity index is 1.77. The van der Waals surface area contributed by atoms with Crippen molar-refractivity contribution in [2.45, 2.75) is 31.6 Å². The first-order chi connectivity index (χ1) is 12.4. The molecular formula is C18H27F3N4O. The van der Waals surface area contributed by atoms with Gasteiger partial charge in [-0.15, -0.1) is 0 Å². The second-order valence-corrected chi connectivity index (χ2v) is 6.31. The van der Waals surface area contributed by atoms with Gasteiger partial charge in [0.2, 0.25) is 0 Å². The molecule has 1 saturated carbocycles. The summed E-state index contributed by atoms with van der Waals surface area (Å²) in [6, 6.07) is 5.95. The van der Waals surface area contributed by atoms with E-state index in [0.717, 1.165) is 25.2 Å². The van der Waals surface area contributed by atoms with Crippen LogP contribution in [0.3, 0.4) is 0 Å². The summed E-state index contributed by atoms with van der Waals surface area (Å²) >= 11 is 0. The zero-order chi connectivity index (χ0) is 19.0. The van der Waals surface area contributed by atoms with E-state index in [2.05, 4.69) is 20.5 Å². The lowest BCUT2D eigenvalue weighted by molar-refractivity contribution is -0.137. The van der Waals surface area contributed by atoms with Gasteiger partial charge in [0.1, 0.15) is 0 Å². The van der Waals surface area contributed by atoms with Crippen LogP contribution in [0.4, 0.5) is 13.2 Å². The number of nitrogens with zero attached hydrogens (tertiary/aromatic N) is 2. The van der Waals surface area contributed by atoms with Crippen LogP contribution < -0.4 is 10.6 Å². The third kappa shape index (κ3) is 6.84.